The van der Waals surface area contributed by atoms with Gasteiger partial charge in [0.15, 0.2) is 0 Å². The lowest BCUT2D eigenvalue weighted by molar-refractivity contribution is 0.179. The van der Waals surface area contributed by atoms with Gasteiger partial charge in [-0.15, -0.1) is 0 Å². The number of hydrogen-bond acceptors (Lipinski definition) is 2. The van der Waals surface area contributed by atoms with Crippen LogP contribution in [0.3, 0.4) is 0 Å². The summed E-state index contributed by atoms with van der Waals surface area (Å²) in [5, 5.41) is 3.68. The third kappa shape index (κ3) is 2.48. The van der Waals surface area contributed by atoms with Crippen LogP contribution in [0, 0.1) is 5.41 Å². The fraction of sp³-hybridized carbons (Fsp3) is 1.00. The van der Waals surface area contributed by atoms with Crippen LogP contribution in [0.5, 0.6) is 0 Å². The fourth-order valence-corrected chi connectivity index (χ4v) is 2.80. The molecule has 0 aromatic heterocycles. The largest absolute Gasteiger partial charge is 0.328 e. The lowest BCUT2D eigenvalue weighted by Crippen LogP contribution is -2.51. The molecular weight excluding hydrogens is 172 g/mol. The van der Waals surface area contributed by atoms with Crippen molar-refractivity contribution < 1.29 is 0 Å². The highest BCUT2D eigenvalue weighted by molar-refractivity contribution is 4.90. The zero-order valence-corrected chi connectivity index (χ0v) is 9.39. The van der Waals surface area contributed by atoms with Gasteiger partial charge < -0.3 is 11.1 Å². The predicted molar refractivity (Wildman–Crippen MR) is 60.2 cm³/mol. The zero-order chi connectivity index (χ0) is 10.0. The minimum absolute atomic E-state index is 0.478. The summed E-state index contributed by atoms with van der Waals surface area (Å²) in [7, 11) is 0. The lowest BCUT2D eigenvalue weighted by atomic mass is 9.75. The first-order valence-corrected chi connectivity index (χ1v) is 6.17. The summed E-state index contributed by atoms with van der Waals surface area (Å²) in [6.45, 7) is 3.65. The first-order chi connectivity index (χ1) is 6.68. The van der Waals surface area contributed by atoms with Gasteiger partial charge in [-0.2, -0.15) is 0 Å². The Morgan fingerprint density at radius 2 is 1.86 bits per heavy atom. The van der Waals surface area contributed by atoms with Crippen molar-refractivity contribution in [3.05, 3.63) is 0 Å². The van der Waals surface area contributed by atoms with Crippen LogP contribution in [0.1, 0.15) is 51.9 Å². The minimum atomic E-state index is 0.478. The van der Waals surface area contributed by atoms with Gasteiger partial charge in [-0.1, -0.05) is 26.2 Å². The Balaban J connectivity index is 1.68. The van der Waals surface area contributed by atoms with Gasteiger partial charge in [0.25, 0.3) is 0 Å². The van der Waals surface area contributed by atoms with E-state index in [1.807, 2.05) is 0 Å². The number of nitrogens with two attached hydrogens (primary N) is 1. The molecule has 2 aliphatic rings. The Labute approximate surface area is 87.6 Å². The molecule has 14 heavy (non-hydrogen) atoms. The average molecular weight is 196 g/mol. The quantitative estimate of drug-likeness (QED) is 0.725. The molecule has 0 bridgehead atoms. The van der Waals surface area contributed by atoms with Crippen molar-refractivity contribution in [2.45, 2.75) is 64.0 Å². The third-order valence-corrected chi connectivity index (χ3v) is 4.05. The Bertz CT molecular complexity index is 179. The standard InChI is InChI=1S/C12H24N2/c1-12(5-3-2-4-6-12)9-14-11-7-10(13)8-11/h10-11,14H,2-9,13H2,1H3. The molecule has 2 saturated carbocycles. The average Bonchev–Trinajstić information content (AvgIpc) is 2.12. The highest BCUT2D eigenvalue weighted by Gasteiger charge is 2.30. The number of rotatable bonds is 3. The van der Waals surface area contributed by atoms with Crippen molar-refractivity contribution in [3.63, 3.8) is 0 Å². The van der Waals surface area contributed by atoms with Crippen molar-refractivity contribution in [3.8, 4) is 0 Å². The fourth-order valence-electron chi connectivity index (χ4n) is 2.80. The molecule has 0 amide bonds. The van der Waals surface area contributed by atoms with E-state index in [2.05, 4.69) is 12.2 Å². The molecule has 0 aromatic rings. The Morgan fingerprint density at radius 1 is 1.21 bits per heavy atom. The summed E-state index contributed by atoms with van der Waals surface area (Å²) in [5.74, 6) is 0. The van der Waals surface area contributed by atoms with E-state index in [1.165, 1.54) is 51.5 Å². The van der Waals surface area contributed by atoms with E-state index >= 15 is 0 Å². The highest BCUT2D eigenvalue weighted by atomic mass is 15.0. The van der Waals surface area contributed by atoms with E-state index in [9.17, 15) is 0 Å². The molecule has 3 N–H and O–H groups in total. The van der Waals surface area contributed by atoms with E-state index in [4.69, 9.17) is 5.73 Å². The van der Waals surface area contributed by atoms with Gasteiger partial charge in [0, 0.05) is 18.6 Å². The van der Waals surface area contributed by atoms with Crippen LogP contribution in [0.15, 0.2) is 0 Å². The van der Waals surface area contributed by atoms with E-state index in [0.717, 1.165) is 6.04 Å². The maximum absolute atomic E-state index is 5.77. The van der Waals surface area contributed by atoms with E-state index < -0.39 is 0 Å². The molecule has 0 atom stereocenters. The number of nitrogens with one attached hydrogen (secondary N) is 1. The summed E-state index contributed by atoms with van der Waals surface area (Å²) in [6.07, 6.45) is 9.53. The van der Waals surface area contributed by atoms with Gasteiger partial charge in [0.2, 0.25) is 0 Å². The molecule has 82 valence electrons. The molecule has 0 aliphatic heterocycles. The van der Waals surface area contributed by atoms with Crippen molar-refractivity contribution in [1.82, 2.24) is 5.32 Å². The monoisotopic (exact) mass is 196 g/mol. The predicted octanol–water partition coefficient (Wildman–Crippen LogP) is 2.04. The van der Waals surface area contributed by atoms with Crippen LogP contribution in [0.2, 0.25) is 0 Å². The zero-order valence-electron chi connectivity index (χ0n) is 9.39. The van der Waals surface area contributed by atoms with Gasteiger partial charge >= 0.3 is 0 Å². The van der Waals surface area contributed by atoms with Crippen molar-refractivity contribution in [2.75, 3.05) is 6.54 Å². The van der Waals surface area contributed by atoms with Crippen LogP contribution in [0.4, 0.5) is 0 Å². The Morgan fingerprint density at radius 3 is 2.43 bits per heavy atom. The van der Waals surface area contributed by atoms with Crippen LogP contribution < -0.4 is 11.1 Å². The Kier molecular flexibility index (Phi) is 3.13. The molecule has 0 unspecified atom stereocenters. The number of hydrogen-bond donors (Lipinski definition) is 2. The van der Waals surface area contributed by atoms with Gasteiger partial charge in [-0.3, -0.25) is 0 Å². The molecule has 2 fully saturated rings. The van der Waals surface area contributed by atoms with Crippen LogP contribution in [-0.2, 0) is 0 Å². The summed E-state index contributed by atoms with van der Waals surface area (Å²) in [5.41, 5.74) is 6.35. The van der Waals surface area contributed by atoms with Crippen LogP contribution in [0.25, 0.3) is 0 Å². The maximum Gasteiger partial charge on any atom is 0.00967 e. The topological polar surface area (TPSA) is 38.0 Å². The van der Waals surface area contributed by atoms with Gasteiger partial charge in [-0.25, -0.2) is 0 Å². The second kappa shape index (κ2) is 4.19. The van der Waals surface area contributed by atoms with Crippen molar-refractivity contribution >= 4 is 0 Å². The molecule has 2 rings (SSSR count). The summed E-state index contributed by atoms with van der Waals surface area (Å²) in [4.78, 5) is 0. The molecular formula is C12H24N2. The maximum atomic E-state index is 5.77. The first-order valence-electron chi connectivity index (χ1n) is 6.17. The smallest absolute Gasteiger partial charge is 0.00967 e. The third-order valence-electron chi connectivity index (χ3n) is 4.05. The molecule has 0 spiro atoms. The summed E-state index contributed by atoms with van der Waals surface area (Å²) >= 11 is 0. The van der Waals surface area contributed by atoms with E-state index in [-0.39, 0.29) is 0 Å². The summed E-state index contributed by atoms with van der Waals surface area (Å²) in [6, 6.07) is 1.20. The second-order valence-electron chi connectivity index (χ2n) is 5.68. The first kappa shape index (κ1) is 10.4. The lowest BCUT2D eigenvalue weighted by Gasteiger charge is -2.39. The molecule has 0 radical (unpaired) electrons. The molecule has 2 nitrogen and oxygen atoms in total. The molecule has 0 aromatic carbocycles. The van der Waals surface area contributed by atoms with Crippen LogP contribution in [-0.4, -0.2) is 18.6 Å². The van der Waals surface area contributed by atoms with Crippen LogP contribution >= 0.6 is 0 Å². The minimum Gasteiger partial charge on any atom is -0.328 e. The Hall–Kier alpha value is -0.0800. The van der Waals surface area contributed by atoms with E-state index in [0.29, 0.717) is 11.5 Å². The molecule has 2 aliphatic carbocycles. The van der Waals surface area contributed by atoms with Crippen molar-refractivity contribution in [2.24, 2.45) is 11.1 Å². The SMILES string of the molecule is CC1(CNC2CC(N)C2)CCCCC1. The normalized spacial score (nSPS) is 36.4. The van der Waals surface area contributed by atoms with Gasteiger partial charge in [0.05, 0.1) is 0 Å². The second-order valence-corrected chi connectivity index (χ2v) is 5.68. The molecule has 0 heterocycles. The molecule has 0 saturated heterocycles. The molecule has 2 heteroatoms. The summed E-state index contributed by atoms with van der Waals surface area (Å²) < 4.78 is 0. The van der Waals surface area contributed by atoms with E-state index in [1.54, 1.807) is 0 Å². The van der Waals surface area contributed by atoms with Gasteiger partial charge in [-0.05, 0) is 31.1 Å². The van der Waals surface area contributed by atoms with Gasteiger partial charge in [0.1, 0.15) is 0 Å². The highest BCUT2D eigenvalue weighted by Crippen LogP contribution is 2.35. The van der Waals surface area contributed by atoms with Crippen molar-refractivity contribution in [1.29, 1.82) is 0 Å².